The molecule has 35 heavy (non-hydrogen) atoms. The van der Waals surface area contributed by atoms with Crippen LogP contribution in [-0.4, -0.2) is 34.3 Å². The molecule has 2 heterocycles. The number of rotatable bonds is 8. The van der Waals surface area contributed by atoms with Gasteiger partial charge in [0.15, 0.2) is 11.5 Å². The van der Waals surface area contributed by atoms with Crippen LogP contribution in [-0.2, 0) is 11.2 Å². The summed E-state index contributed by atoms with van der Waals surface area (Å²) in [5.41, 5.74) is 3.76. The van der Waals surface area contributed by atoms with Gasteiger partial charge in [0.2, 0.25) is 6.79 Å². The van der Waals surface area contributed by atoms with Gasteiger partial charge < -0.3 is 19.3 Å². The first-order chi connectivity index (χ1) is 17.0. The maximum atomic E-state index is 12.2. The molecule has 3 aromatic carbocycles. The molecule has 7 nitrogen and oxygen atoms in total. The Balaban J connectivity index is 1.56. The van der Waals surface area contributed by atoms with E-state index in [0.29, 0.717) is 34.4 Å². The van der Waals surface area contributed by atoms with Crippen molar-refractivity contribution < 1.29 is 24.1 Å². The van der Waals surface area contributed by atoms with Crippen LogP contribution in [0.25, 0.3) is 16.9 Å². The topological polar surface area (TPSA) is 82.8 Å². The minimum absolute atomic E-state index is 0.183. The molecule has 0 saturated heterocycles. The zero-order valence-corrected chi connectivity index (χ0v) is 19.7. The molecule has 1 aromatic heterocycles. The maximum Gasteiger partial charge on any atom is 0.311 e. The third-order valence-electron chi connectivity index (χ3n) is 5.78. The molecule has 0 fully saturated rings. The predicted octanol–water partition coefficient (Wildman–Crippen LogP) is 5.73. The Morgan fingerprint density at radius 2 is 1.89 bits per heavy atom. The van der Waals surface area contributed by atoms with E-state index in [1.54, 1.807) is 28.9 Å². The summed E-state index contributed by atoms with van der Waals surface area (Å²) in [5, 5.41) is 15.3. The van der Waals surface area contributed by atoms with E-state index in [1.165, 1.54) is 0 Å². The fourth-order valence-electron chi connectivity index (χ4n) is 4.12. The predicted molar refractivity (Wildman–Crippen MR) is 132 cm³/mol. The van der Waals surface area contributed by atoms with Gasteiger partial charge in [-0.2, -0.15) is 5.10 Å². The average Bonchev–Trinajstić information content (AvgIpc) is 3.49. The Bertz CT molecular complexity index is 1370. The Morgan fingerprint density at radius 3 is 2.63 bits per heavy atom. The molecule has 0 radical (unpaired) electrons. The van der Waals surface area contributed by atoms with Crippen LogP contribution in [0.15, 0.2) is 72.8 Å². The van der Waals surface area contributed by atoms with Crippen LogP contribution in [0, 0.1) is 0 Å². The van der Waals surface area contributed by atoms with Crippen LogP contribution in [0.3, 0.4) is 0 Å². The van der Waals surface area contributed by atoms with Crippen LogP contribution >= 0.6 is 11.6 Å². The van der Waals surface area contributed by atoms with Crippen LogP contribution in [0.5, 0.6) is 17.2 Å². The Kier molecular flexibility index (Phi) is 6.33. The first-order valence-corrected chi connectivity index (χ1v) is 11.6. The van der Waals surface area contributed by atoms with Crippen molar-refractivity contribution in [1.82, 2.24) is 9.78 Å². The molecule has 178 valence electrons. The van der Waals surface area contributed by atoms with E-state index in [9.17, 15) is 9.90 Å². The van der Waals surface area contributed by atoms with E-state index in [4.69, 9.17) is 30.9 Å². The van der Waals surface area contributed by atoms with Crippen molar-refractivity contribution in [3.8, 4) is 34.2 Å². The number of benzene rings is 3. The number of hydrogen-bond acceptors (Lipinski definition) is 5. The summed E-state index contributed by atoms with van der Waals surface area (Å²) in [4.78, 5) is 12.2. The Hall–Kier alpha value is -3.97. The molecule has 5 rings (SSSR count). The first kappa shape index (κ1) is 22.8. The summed E-state index contributed by atoms with van der Waals surface area (Å²) < 4.78 is 18.4. The molecule has 0 saturated carbocycles. The van der Waals surface area contributed by atoms with Crippen molar-refractivity contribution in [3.05, 3.63) is 89.1 Å². The molecule has 1 aliphatic heterocycles. The fourth-order valence-corrected chi connectivity index (χ4v) is 4.32. The number of hydrogen-bond donors (Lipinski definition) is 1. The van der Waals surface area contributed by atoms with Gasteiger partial charge in [0, 0.05) is 17.0 Å². The largest absolute Gasteiger partial charge is 0.494 e. The molecular formula is C27H23ClN2O5. The van der Waals surface area contributed by atoms with Crippen LogP contribution < -0.4 is 14.2 Å². The van der Waals surface area contributed by atoms with Crippen molar-refractivity contribution in [3.63, 3.8) is 0 Å². The van der Waals surface area contributed by atoms with Gasteiger partial charge in [-0.1, -0.05) is 23.7 Å². The van der Waals surface area contributed by atoms with Crippen molar-refractivity contribution >= 4 is 17.6 Å². The minimum atomic E-state index is -0.937. The number of aliphatic carboxylic acids is 1. The second-order valence-electron chi connectivity index (χ2n) is 8.08. The monoisotopic (exact) mass is 490 g/mol. The molecule has 1 atom stereocenters. The molecule has 0 amide bonds. The van der Waals surface area contributed by atoms with Gasteiger partial charge in [-0.25, -0.2) is 4.68 Å². The lowest BCUT2D eigenvalue weighted by atomic mass is 9.94. The van der Waals surface area contributed by atoms with E-state index in [1.807, 2.05) is 55.5 Å². The van der Waals surface area contributed by atoms with Crippen molar-refractivity contribution in [2.24, 2.45) is 0 Å². The third-order valence-corrected chi connectivity index (χ3v) is 6.02. The number of ether oxygens (including phenoxy) is 3. The zero-order valence-electron chi connectivity index (χ0n) is 19.0. The van der Waals surface area contributed by atoms with Gasteiger partial charge in [-0.05, 0) is 73.2 Å². The van der Waals surface area contributed by atoms with Crippen molar-refractivity contribution in [2.75, 3.05) is 13.4 Å². The van der Waals surface area contributed by atoms with Gasteiger partial charge in [0.05, 0.1) is 29.6 Å². The minimum Gasteiger partial charge on any atom is -0.494 e. The summed E-state index contributed by atoms with van der Waals surface area (Å²) >= 11 is 6.12. The van der Waals surface area contributed by atoms with Gasteiger partial charge in [0.25, 0.3) is 0 Å². The van der Waals surface area contributed by atoms with Crippen LogP contribution in [0.4, 0.5) is 0 Å². The van der Waals surface area contributed by atoms with Gasteiger partial charge in [0.1, 0.15) is 5.75 Å². The number of carboxylic acid groups (broad SMARTS) is 1. The Morgan fingerprint density at radius 1 is 1.09 bits per heavy atom. The van der Waals surface area contributed by atoms with Crippen LogP contribution in [0.2, 0.25) is 5.02 Å². The number of carbonyl (C=O) groups is 1. The van der Waals surface area contributed by atoms with Gasteiger partial charge >= 0.3 is 5.97 Å². The first-order valence-electron chi connectivity index (χ1n) is 11.2. The lowest BCUT2D eigenvalue weighted by molar-refractivity contribution is -0.138. The smallest absolute Gasteiger partial charge is 0.311 e. The summed E-state index contributed by atoms with van der Waals surface area (Å²) in [7, 11) is 0. The molecule has 0 spiro atoms. The normalized spacial score (nSPS) is 13.0. The molecule has 8 heteroatoms. The SMILES string of the molecule is CCOc1ccc(-n2nc(CC(C(=O)O)c3cccc(Cl)c3)cc2-c2ccc3c(c2)OCO3)cc1. The summed E-state index contributed by atoms with van der Waals surface area (Å²) in [6, 6.07) is 22.2. The van der Waals surface area contributed by atoms with E-state index >= 15 is 0 Å². The van der Waals surface area contributed by atoms with Gasteiger partial charge in [-0.15, -0.1) is 0 Å². The summed E-state index contributed by atoms with van der Waals surface area (Å²) in [5.74, 6) is 0.383. The highest BCUT2D eigenvalue weighted by atomic mass is 35.5. The Labute approximate surface area is 207 Å². The number of fused-ring (bicyclic) bond motifs is 1. The lowest BCUT2D eigenvalue weighted by Gasteiger charge is -2.11. The lowest BCUT2D eigenvalue weighted by Crippen LogP contribution is -2.15. The highest BCUT2D eigenvalue weighted by Crippen LogP contribution is 2.37. The zero-order chi connectivity index (χ0) is 24.4. The fraction of sp³-hybridized carbons (Fsp3) is 0.185. The van der Waals surface area contributed by atoms with Crippen molar-refractivity contribution in [1.29, 1.82) is 0 Å². The highest BCUT2D eigenvalue weighted by molar-refractivity contribution is 6.30. The molecule has 0 aliphatic carbocycles. The average molecular weight is 491 g/mol. The maximum absolute atomic E-state index is 12.2. The molecule has 1 aliphatic rings. The standard InChI is InChI=1S/C27H23ClN2O5/c1-2-33-22-9-7-21(8-10-22)30-24(18-6-11-25-26(13-18)35-16-34-25)15-20(29-30)14-23(27(31)32)17-4-3-5-19(28)12-17/h3-13,15,23H,2,14,16H2,1H3,(H,31,32). The molecular weight excluding hydrogens is 468 g/mol. The number of aromatic nitrogens is 2. The highest BCUT2D eigenvalue weighted by Gasteiger charge is 2.24. The molecule has 1 unspecified atom stereocenters. The van der Waals surface area contributed by atoms with E-state index < -0.39 is 11.9 Å². The summed E-state index contributed by atoms with van der Waals surface area (Å²) in [6.45, 7) is 2.69. The van der Waals surface area contributed by atoms with Crippen molar-refractivity contribution in [2.45, 2.75) is 19.3 Å². The molecule has 4 aromatic rings. The number of carboxylic acids is 1. The second-order valence-corrected chi connectivity index (χ2v) is 8.51. The van der Waals surface area contributed by atoms with E-state index in [0.717, 1.165) is 22.7 Å². The number of halogens is 1. The van der Waals surface area contributed by atoms with E-state index in [2.05, 4.69) is 0 Å². The third kappa shape index (κ3) is 4.81. The van der Waals surface area contributed by atoms with Gasteiger partial charge in [-0.3, -0.25) is 4.79 Å². The number of nitrogens with zero attached hydrogens (tertiary/aromatic N) is 2. The quantitative estimate of drug-likeness (QED) is 0.339. The molecule has 1 N–H and O–H groups in total. The molecule has 0 bridgehead atoms. The van der Waals surface area contributed by atoms with Crippen LogP contribution in [0.1, 0.15) is 24.1 Å². The van der Waals surface area contributed by atoms with E-state index in [-0.39, 0.29) is 13.2 Å². The second kappa shape index (κ2) is 9.72. The summed E-state index contributed by atoms with van der Waals surface area (Å²) in [6.07, 6.45) is 0.206.